The summed E-state index contributed by atoms with van der Waals surface area (Å²) < 4.78 is 4.98. The second-order valence-electron chi connectivity index (χ2n) is 4.10. The van der Waals surface area contributed by atoms with Crippen LogP contribution >= 0.6 is 0 Å². The summed E-state index contributed by atoms with van der Waals surface area (Å²) in [4.78, 5) is 21.3. The van der Waals surface area contributed by atoms with Crippen molar-refractivity contribution in [1.29, 1.82) is 0 Å². The minimum Gasteiger partial charge on any atom is -0.461 e. The third-order valence-electron chi connectivity index (χ3n) is 2.97. The quantitative estimate of drug-likeness (QED) is 0.771. The number of hydrogen-bond acceptors (Lipinski definition) is 5. The Morgan fingerprint density at radius 2 is 2.32 bits per heavy atom. The fourth-order valence-electron chi connectivity index (χ4n) is 2.13. The molecule has 19 heavy (non-hydrogen) atoms. The summed E-state index contributed by atoms with van der Waals surface area (Å²) in [6.45, 7) is 2.37. The van der Waals surface area contributed by atoms with Gasteiger partial charge in [0, 0.05) is 22.7 Å². The van der Waals surface area contributed by atoms with Crippen molar-refractivity contribution >= 4 is 22.6 Å². The topological polar surface area (TPSA) is 60.8 Å². The SMILES string of the molecule is CCOC(=O)C1=NOCc2c1ccc1cccnc21. The first kappa shape index (κ1) is 11.6. The number of rotatable bonds is 2. The molecule has 1 aromatic carbocycles. The Balaban J connectivity index is 2.15. The van der Waals surface area contributed by atoms with Crippen LogP contribution in [0.5, 0.6) is 0 Å². The molecule has 1 aliphatic rings. The number of ether oxygens (including phenoxy) is 1. The summed E-state index contributed by atoms with van der Waals surface area (Å²) in [6, 6.07) is 7.62. The van der Waals surface area contributed by atoms with Crippen molar-refractivity contribution in [2.45, 2.75) is 13.5 Å². The molecule has 0 saturated heterocycles. The number of aromatic nitrogens is 1. The molecule has 2 aromatic rings. The third kappa shape index (κ3) is 1.93. The number of hydrogen-bond donors (Lipinski definition) is 0. The molecule has 0 fully saturated rings. The minimum atomic E-state index is -0.473. The van der Waals surface area contributed by atoms with Crippen LogP contribution in [0.3, 0.4) is 0 Å². The lowest BCUT2D eigenvalue weighted by Gasteiger charge is -2.16. The van der Waals surface area contributed by atoms with Gasteiger partial charge in [-0.05, 0) is 13.0 Å². The third-order valence-corrected chi connectivity index (χ3v) is 2.97. The van der Waals surface area contributed by atoms with E-state index in [2.05, 4.69) is 10.1 Å². The number of esters is 1. The number of nitrogens with zero attached hydrogens (tertiary/aromatic N) is 2. The molecule has 2 heterocycles. The van der Waals surface area contributed by atoms with E-state index in [4.69, 9.17) is 9.57 Å². The highest BCUT2D eigenvalue weighted by Gasteiger charge is 2.25. The minimum absolute atomic E-state index is 0.204. The fraction of sp³-hybridized carbons (Fsp3) is 0.214. The maximum atomic E-state index is 11.8. The van der Waals surface area contributed by atoms with E-state index in [1.807, 2.05) is 24.3 Å². The lowest BCUT2D eigenvalue weighted by atomic mass is 9.99. The van der Waals surface area contributed by atoms with Crippen LogP contribution in [0.25, 0.3) is 10.9 Å². The maximum Gasteiger partial charge on any atom is 0.361 e. The van der Waals surface area contributed by atoms with Gasteiger partial charge in [0.1, 0.15) is 6.61 Å². The summed E-state index contributed by atoms with van der Waals surface area (Å²) in [5.41, 5.74) is 2.64. The molecule has 0 saturated carbocycles. The van der Waals surface area contributed by atoms with Crippen LogP contribution in [0, 0.1) is 0 Å². The largest absolute Gasteiger partial charge is 0.461 e. The van der Waals surface area contributed by atoms with Crippen LogP contribution in [-0.2, 0) is 21.0 Å². The van der Waals surface area contributed by atoms with Crippen LogP contribution in [0.4, 0.5) is 0 Å². The van der Waals surface area contributed by atoms with Crippen LogP contribution in [-0.4, -0.2) is 23.3 Å². The second kappa shape index (κ2) is 4.68. The maximum absolute atomic E-state index is 11.8. The van der Waals surface area contributed by atoms with Gasteiger partial charge in [0.25, 0.3) is 0 Å². The first-order chi connectivity index (χ1) is 9.31. The molecule has 96 valence electrons. The second-order valence-corrected chi connectivity index (χ2v) is 4.10. The van der Waals surface area contributed by atoms with Gasteiger partial charge >= 0.3 is 5.97 Å². The standard InChI is InChI=1S/C14H12N2O3/c1-2-18-14(17)13-10-6-5-9-4-3-7-15-12(9)11(10)8-19-16-13/h3-7H,2,8H2,1H3. The van der Waals surface area contributed by atoms with Gasteiger partial charge in [0.2, 0.25) is 0 Å². The Bertz CT molecular complexity index is 679. The molecular weight excluding hydrogens is 244 g/mol. The number of carbonyl (C=O) groups is 1. The van der Waals surface area contributed by atoms with E-state index < -0.39 is 5.97 Å². The van der Waals surface area contributed by atoms with Crippen molar-refractivity contribution in [3.8, 4) is 0 Å². The molecule has 3 rings (SSSR count). The first-order valence-corrected chi connectivity index (χ1v) is 6.05. The molecule has 0 radical (unpaired) electrons. The van der Waals surface area contributed by atoms with Crippen molar-refractivity contribution in [2.75, 3.05) is 6.61 Å². The predicted molar refractivity (Wildman–Crippen MR) is 69.7 cm³/mol. The van der Waals surface area contributed by atoms with Gasteiger partial charge in [0.05, 0.1) is 12.1 Å². The summed E-state index contributed by atoms with van der Waals surface area (Å²) in [6.07, 6.45) is 1.72. The molecule has 0 amide bonds. The number of benzene rings is 1. The highest BCUT2D eigenvalue weighted by atomic mass is 16.6. The number of carbonyl (C=O) groups excluding carboxylic acids is 1. The molecule has 0 unspecified atom stereocenters. The normalized spacial score (nSPS) is 13.4. The Kier molecular flexibility index (Phi) is 2.87. The molecule has 0 aliphatic carbocycles. The summed E-state index contributed by atoms with van der Waals surface area (Å²) in [5, 5.41) is 4.82. The zero-order valence-electron chi connectivity index (χ0n) is 10.4. The molecule has 0 spiro atoms. The van der Waals surface area contributed by atoms with E-state index in [-0.39, 0.29) is 5.71 Å². The smallest absolute Gasteiger partial charge is 0.361 e. The van der Waals surface area contributed by atoms with Gasteiger partial charge in [-0.3, -0.25) is 4.98 Å². The lowest BCUT2D eigenvalue weighted by Crippen LogP contribution is -2.23. The van der Waals surface area contributed by atoms with Crippen molar-refractivity contribution < 1.29 is 14.4 Å². The highest BCUT2D eigenvalue weighted by Crippen LogP contribution is 2.25. The van der Waals surface area contributed by atoms with E-state index >= 15 is 0 Å². The van der Waals surface area contributed by atoms with Crippen LogP contribution in [0.15, 0.2) is 35.6 Å². The van der Waals surface area contributed by atoms with Gasteiger partial charge in [-0.25, -0.2) is 4.79 Å². The fourth-order valence-corrected chi connectivity index (χ4v) is 2.13. The van der Waals surface area contributed by atoms with E-state index in [1.54, 1.807) is 13.1 Å². The van der Waals surface area contributed by atoms with Gasteiger partial charge in [0.15, 0.2) is 5.71 Å². The Morgan fingerprint density at radius 3 is 3.16 bits per heavy atom. The molecule has 0 bridgehead atoms. The number of pyridine rings is 1. The van der Waals surface area contributed by atoms with Crippen molar-refractivity contribution in [3.63, 3.8) is 0 Å². The summed E-state index contributed by atoms with van der Waals surface area (Å²) in [7, 11) is 0. The summed E-state index contributed by atoms with van der Waals surface area (Å²) >= 11 is 0. The summed E-state index contributed by atoms with van der Waals surface area (Å²) in [5.74, 6) is -0.473. The van der Waals surface area contributed by atoms with Crippen LogP contribution < -0.4 is 0 Å². The van der Waals surface area contributed by atoms with Crippen molar-refractivity contribution in [3.05, 3.63) is 41.6 Å². The molecular formula is C14H12N2O3. The number of fused-ring (bicyclic) bond motifs is 3. The van der Waals surface area contributed by atoms with Crippen molar-refractivity contribution in [2.24, 2.45) is 5.16 Å². The number of oxime groups is 1. The predicted octanol–water partition coefficient (Wildman–Crippen LogP) is 2.03. The van der Waals surface area contributed by atoms with Gasteiger partial charge in [-0.15, -0.1) is 0 Å². The van der Waals surface area contributed by atoms with E-state index in [0.717, 1.165) is 22.0 Å². The van der Waals surface area contributed by atoms with E-state index in [1.165, 1.54) is 0 Å². The Labute approximate surface area is 109 Å². The van der Waals surface area contributed by atoms with Gasteiger partial charge < -0.3 is 9.57 Å². The molecule has 1 aromatic heterocycles. The van der Waals surface area contributed by atoms with Gasteiger partial charge in [-0.1, -0.05) is 23.4 Å². The highest BCUT2D eigenvalue weighted by molar-refractivity contribution is 6.44. The van der Waals surface area contributed by atoms with Crippen molar-refractivity contribution in [1.82, 2.24) is 4.98 Å². The lowest BCUT2D eigenvalue weighted by molar-refractivity contribution is -0.135. The monoisotopic (exact) mass is 256 g/mol. The molecule has 5 nitrogen and oxygen atoms in total. The van der Waals surface area contributed by atoms with Gasteiger partial charge in [-0.2, -0.15) is 0 Å². The van der Waals surface area contributed by atoms with Crippen LogP contribution in [0.1, 0.15) is 18.1 Å². The molecule has 0 N–H and O–H groups in total. The van der Waals surface area contributed by atoms with Crippen LogP contribution in [0.2, 0.25) is 0 Å². The molecule has 5 heteroatoms. The Hall–Kier alpha value is -2.43. The molecule has 0 atom stereocenters. The zero-order valence-corrected chi connectivity index (χ0v) is 10.4. The average Bonchev–Trinajstić information content (AvgIpc) is 2.46. The van der Waals surface area contributed by atoms with E-state index in [0.29, 0.717) is 13.2 Å². The first-order valence-electron chi connectivity index (χ1n) is 6.05. The van der Waals surface area contributed by atoms with E-state index in [9.17, 15) is 4.79 Å². The molecule has 1 aliphatic heterocycles. The average molecular weight is 256 g/mol. The zero-order chi connectivity index (χ0) is 13.2. The Morgan fingerprint density at radius 1 is 1.42 bits per heavy atom.